The van der Waals surface area contributed by atoms with Crippen molar-refractivity contribution >= 4 is 5.91 Å². The van der Waals surface area contributed by atoms with Gasteiger partial charge in [0.05, 0.1) is 12.3 Å². The van der Waals surface area contributed by atoms with Gasteiger partial charge in [-0.2, -0.15) is 0 Å². The Morgan fingerprint density at radius 2 is 1.93 bits per heavy atom. The Morgan fingerprint density at radius 3 is 2.70 bits per heavy atom. The summed E-state index contributed by atoms with van der Waals surface area (Å²) >= 11 is 0. The second-order valence-electron chi connectivity index (χ2n) is 7.28. The first kappa shape index (κ1) is 21.5. The van der Waals surface area contributed by atoms with Crippen LogP contribution in [0.4, 0.5) is 0 Å². The number of rotatable bonds is 9. The molecule has 0 bridgehead atoms. The van der Waals surface area contributed by atoms with Gasteiger partial charge in [0.2, 0.25) is 5.82 Å². The number of aromatic nitrogens is 3. The first-order valence-electron chi connectivity index (χ1n) is 10.0. The summed E-state index contributed by atoms with van der Waals surface area (Å²) in [5.41, 5.74) is 3.03. The topological polar surface area (TPSA) is 78.3 Å². The second-order valence-corrected chi connectivity index (χ2v) is 7.28. The molecule has 30 heavy (non-hydrogen) atoms. The summed E-state index contributed by atoms with van der Waals surface area (Å²) in [4.78, 5) is 17.0. The maximum atomic E-state index is 12.6. The monoisotopic (exact) mass is 408 g/mol. The third-order valence-electron chi connectivity index (χ3n) is 4.67. The first-order chi connectivity index (χ1) is 14.5. The molecule has 0 radical (unpaired) electrons. The van der Waals surface area contributed by atoms with Crippen LogP contribution in [0, 0.1) is 6.92 Å². The molecule has 0 saturated carbocycles. The Morgan fingerprint density at radius 1 is 1.13 bits per heavy atom. The minimum Gasteiger partial charge on any atom is -0.491 e. The maximum Gasteiger partial charge on any atom is 0.291 e. The van der Waals surface area contributed by atoms with Crippen molar-refractivity contribution in [2.45, 2.75) is 33.2 Å². The smallest absolute Gasteiger partial charge is 0.291 e. The van der Waals surface area contributed by atoms with Crippen LogP contribution in [0.15, 0.2) is 48.5 Å². The third-order valence-corrected chi connectivity index (χ3v) is 4.67. The number of benzene rings is 2. The number of carbonyl (C=O) groups is 1. The molecule has 7 heteroatoms. The minimum absolute atomic E-state index is 0.151. The molecular weight excluding hydrogens is 380 g/mol. The Labute approximate surface area is 177 Å². The predicted molar refractivity (Wildman–Crippen MR) is 115 cm³/mol. The van der Waals surface area contributed by atoms with E-state index >= 15 is 0 Å². The van der Waals surface area contributed by atoms with Crippen molar-refractivity contribution in [3.63, 3.8) is 0 Å². The van der Waals surface area contributed by atoms with Crippen molar-refractivity contribution in [1.29, 1.82) is 0 Å². The van der Waals surface area contributed by atoms with Crippen molar-refractivity contribution in [3.05, 3.63) is 71.3 Å². The highest BCUT2D eigenvalue weighted by molar-refractivity contribution is 5.90. The van der Waals surface area contributed by atoms with E-state index in [0.29, 0.717) is 31.5 Å². The van der Waals surface area contributed by atoms with E-state index < -0.39 is 0 Å². The summed E-state index contributed by atoms with van der Waals surface area (Å²) in [6.45, 7) is 7.47. The summed E-state index contributed by atoms with van der Waals surface area (Å²) in [7, 11) is 1.63. The number of ether oxygens (including phenoxy) is 2. The molecule has 0 aliphatic carbocycles. The lowest BCUT2D eigenvalue weighted by molar-refractivity contribution is 0.0940. The number of nitrogens with zero attached hydrogens (tertiary/aromatic N) is 3. The average Bonchev–Trinajstić information content (AvgIpc) is 3.14. The fraction of sp³-hybridized carbons (Fsp3) is 0.348. The summed E-state index contributed by atoms with van der Waals surface area (Å²) in [5.74, 6) is 1.58. The number of amides is 1. The molecule has 0 unspecified atom stereocenters. The molecule has 0 saturated heterocycles. The summed E-state index contributed by atoms with van der Waals surface area (Å²) in [6, 6.07) is 15.6. The van der Waals surface area contributed by atoms with E-state index in [2.05, 4.69) is 35.3 Å². The van der Waals surface area contributed by atoms with Gasteiger partial charge in [-0.3, -0.25) is 4.79 Å². The standard InChI is InChI=1S/C23H28N4O3/c1-16(2)20-10-5-6-11-21(20)27-17(3)25-22(26-27)23(28)24-15-18-8-7-9-19(14-18)30-13-12-29-4/h5-11,14,16H,12-13,15H2,1-4H3,(H,24,28). The summed E-state index contributed by atoms with van der Waals surface area (Å²) < 4.78 is 12.3. The van der Waals surface area contributed by atoms with E-state index in [4.69, 9.17) is 9.47 Å². The molecule has 1 heterocycles. The van der Waals surface area contributed by atoms with Crippen LogP contribution in [0.1, 0.15) is 47.3 Å². The van der Waals surface area contributed by atoms with Crippen molar-refractivity contribution in [1.82, 2.24) is 20.1 Å². The SMILES string of the molecule is COCCOc1cccc(CNC(=O)c2nc(C)n(-c3ccccc3C(C)C)n2)c1. The lowest BCUT2D eigenvalue weighted by Gasteiger charge is -2.12. The third kappa shape index (κ3) is 5.24. The number of nitrogens with one attached hydrogen (secondary N) is 1. The predicted octanol–water partition coefficient (Wildman–Crippen LogP) is 3.65. The molecule has 0 spiro atoms. The van der Waals surface area contributed by atoms with Crippen LogP contribution in [0.25, 0.3) is 5.69 Å². The Bertz CT molecular complexity index is 998. The van der Waals surface area contributed by atoms with E-state index in [1.165, 1.54) is 0 Å². The van der Waals surface area contributed by atoms with E-state index in [0.717, 1.165) is 22.6 Å². The second kappa shape index (κ2) is 10.0. The quantitative estimate of drug-likeness (QED) is 0.547. The number of para-hydroxylation sites is 1. The Hall–Kier alpha value is -3.19. The highest BCUT2D eigenvalue weighted by atomic mass is 16.5. The molecule has 0 fully saturated rings. The molecule has 0 aliphatic heterocycles. The molecule has 1 N–H and O–H groups in total. The number of carbonyl (C=O) groups excluding carboxylic acids is 1. The van der Waals surface area contributed by atoms with E-state index in [1.807, 2.05) is 49.4 Å². The van der Waals surface area contributed by atoms with Crippen LogP contribution in [-0.4, -0.2) is 41.0 Å². The molecule has 0 atom stereocenters. The molecule has 3 aromatic rings. The Balaban J connectivity index is 1.69. The summed E-state index contributed by atoms with van der Waals surface area (Å²) in [6.07, 6.45) is 0. The molecule has 0 aliphatic rings. The van der Waals surface area contributed by atoms with Gasteiger partial charge in [-0.05, 0) is 42.2 Å². The number of aryl methyl sites for hydroxylation is 1. The van der Waals surface area contributed by atoms with E-state index in [1.54, 1.807) is 11.8 Å². The van der Waals surface area contributed by atoms with Gasteiger partial charge in [0, 0.05) is 13.7 Å². The minimum atomic E-state index is -0.315. The highest BCUT2D eigenvalue weighted by Crippen LogP contribution is 2.23. The van der Waals surface area contributed by atoms with Crippen LogP contribution in [0.5, 0.6) is 5.75 Å². The van der Waals surface area contributed by atoms with Gasteiger partial charge in [-0.15, -0.1) is 5.10 Å². The molecule has 2 aromatic carbocycles. The first-order valence-corrected chi connectivity index (χ1v) is 10.0. The van der Waals surface area contributed by atoms with Gasteiger partial charge in [0.1, 0.15) is 18.2 Å². The highest BCUT2D eigenvalue weighted by Gasteiger charge is 2.17. The van der Waals surface area contributed by atoms with Gasteiger partial charge in [0.15, 0.2) is 0 Å². The number of methoxy groups -OCH3 is 1. The van der Waals surface area contributed by atoms with Gasteiger partial charge < -0.3 is 14.8 Å². The van der Waals surface area contributed by atoms with Gasteiger partial charge in [0.25, 0.3) is 5.91 Å². The van der Waals surface area contributed by atoms with E-state index in [9.17, 15) is 4.79 Å². The number of hydrogen-bond donors (Lipinski definition) is 1. The fourth-order valence-electron chi connectivity index (χ4n) is 3.13. The molecular formula is C23H28N4O3. The largest absolute Gasteiger partial charge is 0.491 e. The van der Waals surface area contributed by atoms with Crippen LogP contribution in [0.2, 0.25) is 0 Å². The maximum absolute atomic E-state index is 12.6. The van der Waals surface area contributed by atoms with Gasteiger partial charge in [-0.25, -0.2) is 9.67 Å². The Kier molecular flexibility index (Phi) is 7.19. The van der Waals surface area contributed by atoms with Gasteiger partial charge >= 0.3 is 0 Å². The zero-order chi connectivity index (χ0) is 21.5. The van der Waals surface area contributed by atoms with Crippen LogP contribution in [-0.2, 0) is 11.3 Å². The normalized spacial score (nSPS) is 11.0. The molecule has 7 nitrogen and oxygen atoms in total. The van der Waals surface area contributed by atoms with Gasteiger partial charge in [-0.1, -0.05) is 44.2 Å². The average molecular weight is 409 g/mol. The molecule has 1 aromatic heterocycles. The van der Waals surface area contributed by atoms with Crippen molar-refractivity contribution in [2.75, 3.05) is 20.3 Å². The summed E-state index contributed by atoms with van der Waals surface area (Å²) in [5, 5.41) is 7.34. The van der Waals surface area contributed by atoms with Crippen molar-refractivity contribution in [3.8, 4) is 11.4 Å². The van der Waals surface area contributed by atoms with Crippen molar-refractivity contribution < 1.29 is 14.3 Å². The van der Waals surface area contributed by atoms with Crippen LogP contribution < -0.4 is 10.1 Å². The number of hydrogen-bond acceptors (Lipinski definition) is 5. The van der Waals surface area contributed by atoms with Crippen LogP contribution >= 0.6 is 0 Å². The van der Waals surface area contributed by atoms with E-state index in [-0.39, 0.29) is 11.7 Å². The molecule has 1 amide bonds. The molecule has 158 valence electrons. The van der Waals surface area contributed by atoms with Crippen LogP contribution in [0.3, 0.4) is 0 Å². The zero-order valence-corrected chi connectivity index (χ0v) is 17.9. The zero-order valence-electron chi connectivity index (χ0n) is 17.9. The lowest BCUT2D eigenvalue weighted by Crippen LogP contribution is -2.24. The molecule has 3 rings (SSSR count). The lowest BCUT2D eigenvalue weighted by atomic mass is 10.0. The van der Waals surface area contributed by atoms with Crippen molar-refractivity contribution in [2.24, 2.45) is 0 Å². The fourth-order valence-corrected chi connectivity index (χ4v) is 3.13.